The number of hydrogen-bond acceptors (Lipinski definition) is 4. The van der Waals surface area contributed by atoms with Gasteiger partial charge in [-0.1, -0.05) is 18.2 Å². The summed E-state index contributed by atoms with van der Waals surface area (Å²) in [6.07, 6.45) is 1.78. The van der Waals surface area contributed by atoms with E-state index in [0.717, 1.165) is 12.8 Å². The zero-order valence-corrected chi connectivity index (χ0v) is 12.4. The van der Waals surface area contributed by atoms with Crippen LogP contribution in [0.2, 0.25) is 0 Å². The lowest BCUT2D eigenvalue weighted by atomic mass is 10.1. The number of thioether (sulfide) groups is 1. The van der Waals surface area contributed by atoms with Gasteiger partial charge in [0.25, 0.3) is 0 Å². The second-order valence-corrected chi connectivity index (χ2v) is 6.28. The molecule has 2 rings (SSSR count). The first-order valence-electron chi connectivity index (χ1n) is 7.06. The Kier molecular flexibility index (Phi) is 6.79. The second kappa shape index (κ2) is 8.62. The molecule has 1 heterocycles. The van der Waals surface area contributed by atoms with Crippen LogP contribution in [0.25, 0.3) is 0 Å². The van der Waals surface area contributed by atoms with Crippen molar-refractivity contribution >= 4 is 11.8 Å². The van der Waals surface area contributed by atoms with E-state index in [1.807, 2.05) is 11.8 Å². The largest absolute Gasteiger partial charge is 0.389 e. The van der Waals surface area contributed by atoms with Gasteiger partial charge in [-0.2, -0.15) is 11.8 Å². The third-order valence-electron chi connectivity index (χ3n) is 3.39. The quantitative estimate of drug-likeness (QED) is 0.810. The van der Waals surface area contributed by atoms with Crippen molar-refractivity contribution < 1.29 is 14.2 Å². The Balaban J connectivity index is 1.60. The predicted octanol–water partition coefficient (Wildman–Crippen LogP) is 2.19. The summed E-state index contributed by atoms with van der Waals surface area (Å²) in [5, 5.41) is 13.2. The van der Waals surface area contributed by atoms with Crippen LogP contribution in [0.1, 0.15) is 18.4 Å². The van der Waals surface area contributed by atoms with Gasteiger partial charge in [0.2, 0.25) is 0 Å². The minimum atomic E-state index is -0.545. The van der Waals surface area contributed by atoms with Crippen LogP contribution in [-0.4, -0.2) is 41.9 Å². The molecule has 1 aromatic rings. The smallest absolute Gasteiger partial charge is 0.128 e. The minimum absolute atomic E-state index is 0.198. The molecular weight excluding hydrogens is 277 g/mol. The van der Waals surface area contributed by atoms with Gasteiger partial charge in [0.1, 0.15) is 5.82 Å². The molecule has 0 bridgehead atoms. The molecule has 1 saturated heterocycles. The van der Waals surface area contributed by atoms with Crippen LogP contribution in [0.15, 0.2) is 24.3 Å². The summed E-state index contributed by atoms with van der Waals surface area (Å²) < 4.78 is 18.7. The lowest BCUT2D eigenvalue weighted by Crippen LogP contribution is -2.39. The Morgan fingerprint density at radius 3 is 2.85 bits per heavy atom. The second-order valence-electron chi connectivity index (χ2n) is 5.06. The number of benzene rings is 1. The molecule has 0 radical (unpaired) electrons. The molecule has 0 aromatic heterocycles. The molecule has 0 amide bonds. The van der Waals surface area contributed by atoms with Gasteiger partial charge in [0.05, 0.1) is 19.3 Å². The Morgan fingerprint density at radius 2 is 2.10 bits per heavy atom. The summed E-state index contributed by atoms with van der Waals surface area (Å²) in [6.45, 7) is 0.958. The number of aliphatic hydroxyl groups excluding tert-OH is 1. The Morgan fingerprint density at radius 1 is 1.35 bits per heavy atom. The van der Waals surface area contributed by atoms with Crippen molar-refractivity contribution in [2.24, 2.45) is 0 Å². The molecule has 1 aliphatic heterocycles. The van der Waals surface area contributed by atoms with E-state index >= 15 is 0 Å². The van der Waals surface area contributed by atoms with E-state index < -0.39 is 6.10 Å². The number of ether oxygens (including phenoxy) is 1. The number of nitrogens with one attached hydrogen (secondary N) is 1. The highest BCUT2D eigenvalue weighted by Crippen LogP contribution is 2.16. The molecule has 0 spiro atoms. The maximum atomic E-state index is 13.3. The van der Waals surface area contributed by atoms with Crippen molar-refractivity contribution in [3.8, 4) is 0 Å². The maximum Gasteiger partial charge on any atom is 0.128 e. The normalized spacial score (nSPS) is 18.1. The first-order valence-corrected chi connectivity index (χ1v) is 8.21. The van der Waals surface area contributed by atoms with E-state index in [4.69, 9.17) is 4.74 Å². The number of rotatable bonds is 7. The van der Waals surface area contributed by atoms with Crippen molar-refractivity contribution in [1.82, 2.24) is 5.32 Å². The summed E-state index contributed by atoms with van der Waals surface area (Å²) >= 11 is 1.98. The zero-order chi connectivity index (χ0) is 14.2. The lowest BCUT2D eigenvalue weighted by molar-refractivity contribution is 0.0265. The summed E-state index contributed by atoms with van der Waals surface area (Å²) in [5.74, 6) is 2.12. The molecule has 1 aliphatic rings. The number of aliphatic hydroxyl groups is 1. The van der Waals surface area contributed by atoms with Gasteiger partial charge in [-0.25, -0.2) is 4.39 Å². The number of halogens is 1. The van der Waals surface area contributed by atoms with Gasteiger partial charge in [-0.15, -0.1) is 0 Å². The molecule has 1 atom stereocenters. The molecule has 2 N–H and O–H groups in total. The van der Waals surface area contributed by atoms with Crippen LogP contribution in [0.5, 0.6) is 0 Å². The molecule has 1 unspecified atom stereocenters. The van der Waals surface area contributed by atoms with E-state index in [0.29, 0.717) is 18.2 Å². The molecule has 0 aliphatic carbocycles. The van der Waals surface area contributed by atoms with Crippen LogP contribution in [0.3, 0.4) is 0 Å². The van der Waals surface area contributed by atoms with E-state index in [1.165, 1.54) is 17.6 Å². The Labute approximate surface area is 123 Å². The average molecular weight is 299 g/mol. The first-order chi connectivity index (χ1) is 9.75. The summed E-state index contributed by atoms with van der Waals surface area (Å²) in [5.41, 5.74) is 0.525. The minimum Gasteiger partial charge on any atom is -0.389 e. The molecule has 1 fully saturated rings. The van der Waals surface area contributed by atoms with Crippen molar-refractivity contribution in [2.45, 2.75) is 31.6 Å². The van der Waals surface area contributed by atoms with Crippen LogP contribution in [-0.2, 0) is 11.3 Å². The SMILES string of the molecule is OC(CNC1CCSCC1)COCc1ccccc1F. The van der Waals surface area contributed by atoms with Gasteiger partial charge in [-0.05, 0) is 30.4 Å². The highest BCUT2D eigenvalue weighted by atomic mass is 32.2. The van der Waals surface area contributed by atoms with Crippen LogP contribution in [0.4, 0.5) is 4.39 Å². The maximum absolute atomic E-state index is 13.3. The van der Waals surface area contributed by atoms with Crippen molar-refractivity contribution in [2.75, 3.05) is 24.7 Å². The van der Waals surface area contributed by atoms with Gasteiger partial charge in [-0.3, -0.25) is 0 Å². The lowest BCUT2D eigenvalue weighted by Gasteiger charge is -2.24. The van der Waals surface area contributed by atoms with Gasteiger partial charge in [0, 0.05) is 18.2 Å². The van der Waals surface area contributed by atoms with Crippen molar-refractivity contribution in [3.05, 3.63) is 35.6 Å². The fourth-order valence-corrected chi connectivity index (χ4v) is 3.29. The topological polar surface area (TPSA) is 41.5 Å². The summed E-state index contributed by atoms with van der Waals surface area (Å²) in [6, 6.07) is 7.05. The fourth-order valence-electron chi connectivity index (χ4n) is 2.18. The van der Waals surface area contributed by atoms with E-state index in [-0.39, 0.29) is 19.0 Å². The predicted molar refractivity (Wildman–Crippen MR) is 80.4 cm³/mol. The monoisotopic (exact) mass is 299 g/mol. The number of hydrogen-bond donors (Lipinski definition) is 2. The molecule has 0 saturated carbocycles. The summed E-state index contributed by atoms with van der Waals surface area (Å²) in [7, 11) is 0. The molecule has 1 aromatic carbocycles. The van der Waals surface area contributed by atoms with Gasteiger partial charge >= 0.3 is 0 Å². The fraction of sp³-hybridized carbons (Fsp3) is 0.600. The zero-order valence-electron chi connectivity index (χ0n) is 11.6. The third-order valence-corrected chi connectivity index (χ3v) is 4.44. The molecule has 20 heavy (non-hydrogen) atoms. The van der Waals surface area contributed by atoms with Gasteiger partial charge < -0.3 is 15.2 Å². The Hall–Kier alpha value is -0.620. The molecular formula is C15H22FNO2S. The van der Waals surface area contributed by atoms with Crippen LogP contribution < -0.4 is 5.32 Å². The highest BCUT2D eigenvalue weighted by Gasteiger charge is 2.14. The van der Waals surface area contributed by atoms with Gasteiger partial charge in [0.15, 0.2) is 0 Å². The van der Waals surface area contributed by atoms with E-state index in [9.17, 15) is 9.50 Å². The van der Waals surface area contributed by atoms with E-state index in [1.54, 1.807) is 18.2 Å². The van der Waals surface area contributed by atoms with Crippen LogP contribution in [0, 0.1) is 5.82 Å². The molecule has 112 valence electrons. The Bertz CT molecular complexity index is 399. The van der Waals surface area contributed by atoms with Crippen LogP contribution >= 0.6 is 11.8 Å². The molecule has 5 heteroatoms. The van der Waals surface area contributed by atoms with Crippen molar-refractivity contribution in [1.29, 1.82) is 0 Å². The average Bonchev–Trinajstić information content (AvgIpc) is 2.48. The standard InChI is InChI=1S/C15H22FNO2S/c16-15-4-2-1-3-12(15)10-19-11-14(18)9-17-13-5-7-20-8-6-13/h1-4,13-14,17-18H,5-11H2. The molecule has 3 nitrogen and oxygen atoms in total. The summed E-state index contributed by atoms with van der Waals surface area (Å²) in [4.78, 5) is 0. The first kappa shape index (κ1) is 15.8. The van der Waals surface area contributed by atoms with E-state index in [2.05, 4.69) is 5.32 Å². The van der Waals surface area contributed by atoms with Crippen molar-refractivity contribution in [3.63, 3.8) is 0 Å². The third kappa shape index (κ3) is 5.40. The highest BCUT2D eigenvalue weighted by molar-refractivity contribution is 7.99.